The lowest BCUT2D eigenvalue weighted by atomic mass is 9.70. The van der Waals surface area contributed by atoms with Gasteiger partial charge in [-0.25, -0.2) is 0 Å². The quantitative estimate of drug-likeness (QED) is 0.153. The first kappa shape index (κ1) is 35.4. The van der Waals surface area contributed by atoms with Gasteiger partial charge in [-0.15, -0.1) is 0 Å². The zero-order valence-corrected chi connectivity index (χ0v) is 35.0. The standard InChI is InChI=1S/C62H40N2/c1-3-20-40(21-4-1)63-56-38-16-11-28-47(56)60-49(31-19-39-57(60)63)58(50-32-17-29-45-44-26-10-15-37-55(44)64(61(45)50)41-22-5-2-6-23-41)48-30-18-36-54-59(48)46-27-9-14-35-53(46)62(54)51-33-12-7-24-42(51)43-25-8-13-34-52(43)62/h1-39,58H. The van der Waals surface area contributed by atoms with E-state index in [9.17, 15) is 0 Å². The minimum absolute atomic E-state index is 0.167. The Morgan fingerprint density at radius 1 is 0.297 bits per heavy atom. The summed E-state index contributed by atoms with van der Waals surface area (Å²) >= 11 is 0. The molecule has 1 spiro atoms. The normalized spacial score (nSPS) is 13.7. The van der Waals surface area contributed by atoms with Gasteiger partial charge >= 0.3 is 0 Å². The van der Waals surface area contributed by atoms with Crippen molar-refractivity contribution in [2.45, 2.75) is 11.3 Å². The summed E-state index contributed by atoms with van der Waals surface area (Å²) in [6.07, 6.45) is 0. The van der Waals surface area contributed by atoms with Crippen molar-refractivity contribution in [1.82, 2.24) is 9.13 Å². The molecular formula is C62H40N2. The van der Waals surface area contributed by atoms with Crippen molar-refractivity contribution >= 4 is 43.6 Å². The number of fused-ring (bicyclic) bond motifs is 16. The van der Waals surface area contributed by atoms with E-state index in [1.54, 1.807) is 0 Å². The summed E-state index contributed by atoms with van der Waals surface area (Å²) in [5.74, 6) is -0.167. The zero-order valence-electron chi connectivity index (χ0n) is 35.0. The van der Waals surface area contributed by atoms with Gasteiger partial charge < -0.3 is 9.13 Å². The molecular weight excluding hydrogens is 773 g/mol. The number of benzene rings is 10. The molecule has 0 fully saturated rings. The molecule has 0 bridgehead atoms. The number of para-hydroxylation sites is 5. The maximum absolute atomic E-state index is 2.52. The number of aromatic nitrogens is 2. The third-order valence-electron chi connectivity index (χ3n) is 14.5. The molecule has 14 rings (SSSR count). The Morgan fingerprint density at radius 3 is 1.45 bits per heavy atom. The molecule has 0 aliphatic heterocycles. The molecule has 0 saturated carbocycles. The lowest BCUT2D eigenvalue weighted by Gasteiger charge is -2.31. The second-order valence-corrected chi connectivity index (χ2v) is 17.5. The Bertz CT molecular complexity index is 3800. The van der Waals surface area contributed by atoms with Crippen molar-refractivity contribution in [3.8, 4) is 33.6 Å². The highest BCUT2D eigenvalue weighted by Gasteiger charge is 2.52. The molecule has 12 aromatic rings. The first-order valence-electron chi connectivity index (χ1n) is 22.4. The largest absolute Gasteiger partial charge is 0.309 e. The van der Waals surface area contributed by atoms with Gasteiger partial charge in [-0.2, -0.15) is 0 Å². The zero-order chi connectivity index (χ0) is 41.9. The van der Waals surface area contributed by atoms with Crippen LogP contribution in [0.25, 0.3) is 77.2 Å². The first-order valence-corrected chi connectivity index (χ1v) is 22.4. The second-order valence-electron chi connectivity index (χ2n) is 17.5. The highest BCUT2D eigenvalue weighted by Crippen LogP contribution is 2.64. The molecule has 2 nitrogen and oxygen atoms in total. The Morgan fingerprint density at radius 2 is 0.750 bits per heavy atom. The van der Waals surface area contributed by atoms with Crippen molar-refractivity contribution in [3.63, 3.8) is 0 Å². The predicted octanol–water partition coefficient (Wildman–Crippen LogP) is 15.4. The number of hydrogen-bond acceptors (Lipinski definition) is 0. The van der Waals surface area contributed by atoms with Crippen molar-refractivity contribution in [3.05, 3.63) is 276 Å². The van der Waals surface area contributed by atoms with Crippen LogP contribution in [0.4, 0.5) is 0 Å². The minimum atomic E-state index is -0.458. The van der Waals surface area contributed by atoms with E-state index in [2.05, 4.69) is 246 Å². The molecule has 2 heteroatoms. The van der Waals surface area contributed by atoms with Gasteiger partial charge in [0, 0.05) is 38.8 Å². The van der Waals surface area contributed by atoms with Crippen LogP contribution in [-0.4, -0.2) is 9.13 Å². The minimum Gasteiger partial charge on any atom is -0.309 e. The summed E-state index contributed by atoms with van der Waals surface area (Å²) < 4.78 is 4.97. The summed E-state index contributed by atoms with van der Waals surface area (Å²) in [5, 5.41) is 5.04. The summed E-state index contributed by atoms with van der Waals surface area (Å²) in [5.41, 5.74) is 21.3. The molecule has 2 aliphatic carbocycles. The summed E-state index contributed by atoms with van der Waals surface area (Å²) in [4.78, 5) is 0. The summed E-state index contributed by atoms with van der Waals surface area (Å²) in [6.45, 7) is 0. The molecule has 0 saturated heterocycles. The predicted molar refractivity (Wildman–Crippen MR) is 265 cm³/mol. The highest BCUT2D eigenvalue weighted by atomic mass is 15.0. The molecule has 1 unspecified atom stereocenters. The maximum Gasteiger partial charge on any atom is 0.0725 e. The monoisotopic (exact) mass is 812 g/mol. The summed E-state index contributed by atoms with van der Waals surface area (Å²) in [7, 11) is 0. The van der Waals surface area contributed by atoms with Crippen LogP contribution in [0, 0.1) is 0 Å². The van der Waals surface area contributed by atoms with Crippen molar-refractivity contribution in [1.29, 1.82) is 0 Å². The molecule has 2 aromatic heterocycles. The Hall–Kier alpha value is -8.20. The van der Waals surface area contributed by atoms with E-state index < -0.39 is 5.41 Å². The lowest BCUT2D eigenvalue weighted by molar-refractivity contribution is 0.792. The van der Waals surface area contributed by atoms with Gasteiger partial charge in [0.25, 0.3) is 0 Å². The Labute approximate surface area is 371 Å². The molecule has 64 heavy (non-hydrogen) atoms. The van der Waals surface area contributed by atoms with Crippen LogP contribution >= 0.6 is 0 Å². The van der Waals surface area contributed by atoms with Crippen LogP contribution in [0.3, 0.4) is 0 Å². The van der Waals surface area contributed by atoms with Crippen LogP contribution in [0.2, 0.25) is 0 Å². The van der Waals surface area contributed by atoms with E-state index >= 15 is 0 Å². The fourth-order valence-corrected chi connectivity index (χ4v) is 12.2. The van der Waals surface area contributed by atoms with Gasteiger partial charge in [-0.1, -0.05) is 194 Å². The van der Waals surface area contributed by atoms with E-state index in [0.717, 1.165) is 11.4 Å². The van der Waals surface area contributed by atoms with Crippen LogP contribution in [0.1, 0.15) is 44.9 Å². The Balaban J connectivity index is 1.17. The van der Waals surface area contributed by atoms with Gasteiger partial charge in [-0.05, 0) is 104 Å². The molecule has 10 aromatic carbocycles. The molecule has 2 heterocycles. The van der Waals surface area contributed by atoms with Crippen LogP contribution in [0.5, 0.6) is 0 Å². The Kier molecular flexibility index (Phi) is 7.41. The molecule has 0 amide bonds. The second kappa shape index (κ2) is 13.4. The van der Waals surface area contributed by atoms with Crippen LogP contribution in [-0.2, 0) is 5.41 Å². The average Bonchev–Trinajstić information content (AvgIpc) is 4.08. The fraction of sp³-hybridized carbons (Fsp3) is 0.0323. The van der Waals surface area contributed by atoms with Gasteiger partial charge in [-0.3, -0.25) is 0 Å². The van der Waals surface area contributed by atoms with E-state index in [0.29, 0.717) is 0 Å². The van der Waals surface area contributed by atoms with Gasteiger partial charge in [0.2, 0.25) is 0 Å². The molecule has 298 valence electrons. The highest BCUT2D eigenvalue weighted by molar-refractivity contribution is 6.13. The molecule has 0 radical (unpaired) electrons. The van der Waals surface area contributed by atoms with Crippen molar-refractivity contribution in [2.24, 2.45) is 0 Å². The molecule has 2 aliphatic rings. The van der Waals surface area contributed by atoms with E-state index in [4.69, 9.17) is 0 Å². The van der Waals surface area contributed by atoms with Crippen molar-refractivity contribution < 1.29 is 0 Å². The first-order chi connectivity index (χ1) is 31.8. The van der Waals surface area contributed by atoms with Crippen molar-refractivity contribution in [2.75, 3.05) is 0 Å². The van der Waals surface area contributed by atoms with Gasteiger partial charge in [0.05, 0.1) is 27.5 Å². The topological polar surface area (TPSA) is 9.86 Å². The number of rotatable bonds is 5. The van der Waals surface area contributed by atoms with E-state index in [-0.39, 0.29) is 5.92 Å². The smallest absolute Gasteiger partial charge is 0.0725 e. The number of hydrogen-bond donors (Lipinski definition) is 0. The number of nitrogens with zero attached hydrogens (tertiary/aromatic N) is 2. The maximum atomic E-state index is 2.52. The van der Waals surface area contributed by atoms with E-state index in [1.807, 2.05) is 0 Å². The van der Waals surface area contributed by atoms with E-state index in [1.165, 1.54) is 105 Å². The third-order valence-corrected chi connectivity index (χ3v) is 14.5. The average molecular weight is 813 g/mol. The SMILES string of the molecule is c1ccc(-n2c3ccccc3c3c(C(c4cccc5c4-c4ccccc4C54c5ccccc5-c5ccccc54)c4cccc5c6ccccc6n(-c6ccccc6)c45)cccc32)cc1. The van der Waals surface area contributed by atoms with Gasteiger partial charge in [0.15, 0.2) is 0 Å². The third kappa shape index (κ3) is 4.59. The van der Waals surface area contributed by atoms with Crippen LogP contribution in [0.15, 0.2) is 237 Å². The van der Waals surface area contributed by atoms with Gasteiger partial charge in [0.1, 0.15) is 0 Å². The summed E-state index contributed by atoms with van der Waals surface area (Å²) in [6, 6.07) is 88.5. The van der Waals surface area contributed by atoms with Crippen LogP contribution < -0.4 is 0 Å². The lowest BCUT2D eigenvalue weighted by Crippen LogP contribution is -2.25. The molecule has 0 N–H and O–H groups in total. The fourth-order valence-electron chi connectivity index (χ4n) is 12.2. The molecule has 1 atom stereocenters.